The van der Waals surface area contributed by atoms with Crippen LogP contribution in [0.5, 0.6) is 0 Å². The number of aromatic amines is 2. The number of ether oxygens (including phenoxy) is 2. The first kappa shape index (κ1) is 41.8. The molecule has 320 valence electrons. The van der Waals surface area contributed by atoms with Gasteiger partial charge in [0.05, 0.1) is 50.1 Å². The summed E-state index contributed by atoms with van der Waals surface area (Å²) in [5.41, 5.74) is 6.27. The molecule has 62 heavy (non-hydrogen) atoms. The highest BCUT2D eigenvalue weighted by Crippen LogP contribution is 2.36. The summed E-state index contributed by atoms with van der Waals surface area (Å²) in [5.74, 6) is 1.09. The van der Waals surface area contributed by atoms with E-state index in [1.165, 1.54) is 38.5 Å². The molecule has 4 aromatic carbocycles. The van der Waals surface area contributed by atoms with Crippen molar-refractivity contribution in [1.29, 1.82) is 0 Å². The third-order valence-corrected chi connectivity index (χ3v) is 12.0. The van der Waals surface area contributed by atoms with Gasteiger partial charge in [0, 0.05) is 18.7 Å². The van der Waals surface area contributed by atoms with Gasteiger partial charge >= 0.3 is 6.09 Å². The highest BCUT2D eigenvalue weighted by atomic mass is 19.1. The van der Waals surface area contributed by atoms with E-state index in [1.54, 1.807) is 11.1 Å². The maximum absolute atomic E-state index is 13.9. The van der Waals surface area contributed by atoms with E-state index in [2.05, 4.69) is 80.7 Å². The number of carbonyl (C=O) groups is 3. The molecule has 4 heterocycles. The van der Waals surface area contributed by atoms with Crippen LogP contribution in [0.1, 0.15) is 74.9 Å². The maximum atomic E-state index is 13.9. The quantitative estimate of drug-likeness (QED) is 0.0843. The van der Waals surface area contributed by atoms with Crippen molar-refractivity contribution >= 4 is 28.7 Å². The number of imidazole rings is 2. The Labute approximate surface area is 359 Å². The first-order chi connectivity index (χ1) is 30.0. The molecule has 13 nitrogen and oxygen atoms in total. The molecule has 2 aliphatic heterocycles. The molecule has 2 aliphatic rings. The van der Waals surface area contributed by atoms with Gasteiger partial charge in [-0.25, -0.2) is 19.2 Å². The molecule has 0 bridgehead atoms. The largest absolute Gasteiger partial charge is 0.483 e. The van der Waals surface area contributed by atoms with Gasteiger partial charge in [-0.05, 0) is 95.5 Å². The van der Waals surface area contributed by atoms with E-state index in [1.807, 2.05) is 37.1 Å². The molecule has 0 unspecified atom stereocenters. The number of halogens is 1. The van der Waals surface area contributed by atoms with Gasteiger partial charge in [-0.3, -0.25) is 9.59 Å². The monoisotopic (exact) mass is 838 g/mol. The fraction of sp³-hybridized carbons (Fsp3) is 0.312. The summed E-state index contributed by atoms with van der Waals surface area (Å²) in [6.45, 7) is 9.03. The minimum Gasteiger partial charge on any atom is -0.483 e. The second kappa shape index (κ2) is 17.9. The number of hydrogen-bond acceptors (Lipinski definition) is 8. The predicted octanol–water partition coefficient (Wildman–Crippen LogP) is 8.58. The summed E-state index contributed by atoms with van der Waals surface area (Å²) in [6.07, 6.45) is 6.06. The Morgan fingerprint density at radius 2 is 1.24 bits per heavy atom. The number of rotatable bonds is 13. The van der Waals surface area contributed by atoms with E-state index < -0.39 is 24.0 Å². The van der Waals surface area contributed by atoms with Gasteiger partial charge in [-0.2, -0.15) is 0 Å². The summed E-state index contributed by atoms with van der Waals surface area (Å²) in [5, 5.41) is 7.96. The molecule has 14 heteroatoms. The van der Waals surface area contributed by atoms with Gasteiger partial charge in [0.25, 0.3) is 5.91 Å². The molecule has 0 radical (unpaired) electrons. The maximum Gasteiger partial charge on any atom is 0.407 e. The summed E-state index contributed by atoms with van der Waals surface area (Å²) >= 11 is 0. The Morgan fingerprint density at radius 3 is 1.82 bits per heavy atom. The van der Waals surface area contributed by atoms with Gasteiger partial charge in [-0.1, -0.05) is 74.5 Å². The second-order valence-electron chi connectivity index (χ2n) is 16.2. The lowest BCUT2D eigenvalue weighted by molar-refractivity contribution is -0.136. The molecule has 6 aromatic rings. The van der Waals surface area contributed by atoms with Crippen molar-refractivity contribution in [3.8, 4) is 33.6 Å². The van der Waals surface area contributed by atoms with E-state index in [0.29, 0.717) is 36.8 Å². The number of nitrogens with zero attached hydrogens (tertiary/aromatic N) is 4. The Kier molecular flexibility index (Phi) is 12.1. The normalized spacial score (nSPS) is 17.3. The van der Waals surface area contributed by atoms with Crippen molar-refractivity contribution in [2.75, 3.05) is 27.3 Å². The fourth-order valence-corrected chi connectivity index (χ4v) is 8.58. The molecular formula is C48H51FN8O5. The van der Waals surface area contributed by atoms with E-state index in [9.17, 15) is 18.8 Å². The molecule has 8 rings (SSSR count). The summed E-state index contributed by atoms with van der Waals surface area (Å²) in [4.78, 5) is 59.9. The summed E-state index contributed by atoms with van der Waals surface area (Å²) < 4.78 is 23.7. The third kappa shape index (κ3) is 8.63. The lowest BCUT2D eigenvalue weighted by Crippen LogP contribution is -2.48. The number of hydrogen-bond donors (Lipinski definition) is 4. The molecule has 2 saturated heterocycles. The van der Waals surface area contributed by atoms with Crippen molar-refractivity contribution in [3.63, 3.8) is 0 Å². The lowest BCUT2D eigenvalue weighted by atomic mass is 9.98. The first-order valence-corrected chi connectivity index (χ1v) is 21.0. The highest BCUT2D eigenvalue weighted by Gasteiger charge is 2.38. The topological polar surface area (TPSA) is 158 Å². The number of fused-ring (bicyclic) bond motifs is 1. The number of H-pyrrole nitrogens is 2. The van der Waals surface area contributed by atoms with Crippen molar-refractivity contribution in [3.05, 3.63) is 133 Å². The first-order valence-electron chi connectivity index (χ1n) is 21.0. The summed E-state index contributed by atoms with van der Waals surface area (Å²) in [7, 11) is 2.77. The number of amides is 3. The van der Waals surface area contributed by atoms with Crippen LogP contribution in [0.15, 0.2) is 110 Å². The van der Waals surface area contributed by atoms with Gasteiger partial charge in [-0.15, -0.1) is 0 Å². The van der Waals surface area contributed by atoms with E-state index >= 15 is 0 Å². The van der Waals surface area contributed by atoms with Gasteiger partial charge in [0.1, 0.15) is 29.5 Å². The number of carbonyl (C=O) groups excluding carboxylic acids is 3. The van der Waals surface area contributed by atoms with Crippen LogP contribution in [0, 0.1) is 11.7 Å². The second-order valence-corrected chi connectivity index (χ2v) is 16.2. The van der Waals surface area contributed by atoms with Crippen molar-refractivity contribution in [2.45, 2.75) is 63.7 Å². The molecular weight excluding hydrogens is 788 g/mol. The Bertz CT molecular complexity index is 2590. The molecule has 0 saturated carbocycles. The fourth-order valence-electron chi connectivity index (χ4n) is 8.58. The third-order valence-electron chi connectivity index (χ3n) is 12.0. The van der Waals surface area contributed by atoms with Crippen LogP contribution in [0.3, 0.4) is 0 Å². The minimum atomic E-state index is -1.05. The van der Waals surface area contributed by atoms with Crippen molar-refractivity contribution < 1.29 is 28.2 Å². The van der Waals surface area contributed by atoms with E-state index in [0.717, 1.165) is 69.5 Å². The van der Waals surface area contributed by atoms with Gasteiger partial charge < -0.3 is 39.9 Å². The molecule has 0 aliphatic carbocycles. The van der Waals surface area contributed by atoms with E-state index in [4.69, 9.17) is 14.5 Å². The van der Waals surface area contributed by atoms with Gasteiger partial charge in [0.2, 0.25) is 5.91 Å². The van der Waals surface area contributed by atoms with Crippen molar-refractivity contribution in [1.82, 2.24) is 40.4 Å². The van der Waals surface area contributed by atoms with Crippen LogP contribution in [0.2, 0.25) is 0 Å². The average Bonchev–Trinajstić information content (AvgIpc) is 4.14. The molecule has 2 aromatic heterocycles. The zero-order valence-corrected chi connectivity index (χ0v) is 35.3. The number of benzene rings is 4. The molecule has 4 atom stereocenters. The van der Waals surface area contributed by atoms with Crippen LogP contribution in [-0.2, 0) is 19.1 Å². The van der Waals surface area contributed by atoms with Crippen LogP contribution < -0.4 is 10.6 Å². The Morgan fingerprint density at radius 1 is 0.710 bits per heavy atom. The zero-order chi connectivity index (χ0) is 43.5. The van der Waals surface area contributed by atoms with Crippen LogP contribution in [0.4, 0.5) is 9.18 Å². The van der Waals surface area contributed by atoms with Crippen molar-refractivity contribution in [2.24, 2.45) is 5.92 Å². The highest BCUT2D eigenvalue weighted by molar-refractivity contribution is 5.91. The van der Waals surface area contributed by atoms with Gasteiger partial charge in [0.15, 0.2) is 5.88 Å². The SMILES string of the molecule is C=C(N[C@H](C(=O)N1CCC[C@H]1c1ncc(-c2ccc3cc(-c4ccc(-c5cnc([C@@H]6CCCN6C(=O)[C@H](NC(=O)OC)c6ccc(F)cc6)[nH]5)cc4)ccc3c2)[nH]1)C(C)C)OC. The Hall–Kier alpha value is -6.96. The molecule has 0 spiro atoms. The standard InChI is InChI=1S/C48H51FN8O5/c1-28(2)42(52-29(3)61-4)46(58)56-22-6-8-40(56)45-51-27-39(54-45)36-17-16-34-24-33(14-15-35(34)25-36)30-10-12-31(13-11-30)38-26-50-44(53-38)41-9-7-23-57(41)47(59)43(55-48(60)62-5)32-18-20-37(49)21-19-32/h10-21,24-28,40-43,52H,3,6-9,22-23H2,1-2,4-5H3,(H,50,53)(H,51,54)(H,55,60)/t40-,41-,42-,43+/m0/s1. The predicted molar refractivity (Wildman–Crippen MR) is 235 cm³/mol. The number of aromatic nitrogens is 4. The zero-order valence-electron chi connectivity index (χ0n) is 35.3. The minimum absolute atomic E-state index is 0.0127. The lowest BCUT2D eigenvalue weighted by Gasteiger charge is -2.31. The molecule has 2 fully saturated rings. The smallest absolute Gasteiger partial charge is 0.407 e. The van der Waals surface area contributed by atoms with Crippen LogP contribution in [0.25, 0.3) is 44.4 Å². The number of alkyl carbamates (subject to hydrolysis) is 1. The number of nitrogens with one attached hydrogen (secondary N) is 4. The van der Waals surface area contributed by atoms with Crippen LogP contribution >= 0.6 is 0 Å². The van der Waals surface area contributed by atoms with E-state index in [-0.39, 0.29) is 29.8 Å². The molecule has 3 amide bonds. The average molecular weight is 839 g/mol. The number of methoxy groups -OCH3 is 2. The summed E-state index contributed by atoms with van der Waals surface area (Å²) in [6, 6.07) is 24.6. The van der Waals surface area contributed by atoms with Crippen LogP contribution in [-0.4, -0.2) is 81.0 Å². The molecule has 4 N–H and O–H groups in total. The Balaban J connectivity index is 0.942. The number of likely N-dealkylation sites (tertiary alicyclic amines) is 2.